The lowest BCUT2D eigenvalue weighted by Gasteiger charge is -2.31. The van der Waals surface area contributed by atoms with E-state index in [9.17, 15) is 0 Å². The van der Waals surface area contributed by atoms with Crippen LogP contribution in [-0.2, 0) is 38.8 Å². The number of ether oxygens (including phenoxy) is 4. The summed E-state index contributed by atoms with van der Waals surface area (Å²) in [7, 11) is 0. The van der Waals surface area contributed by atoms with Gasteiger partial charge in [0.15, 0.2) is 12.1 Å². The number of allylic oxidation sites excluding steroid dienone is 1. The summed E-state index contributed by atoms with van der Waals surface area (Å²) in [5.74, 6) is -0.933. The molecule has 39 heavy (non-hydrogen) atoms. The largest absolute Gasteiger partial charge is 0.402 e. The Morgan fingerprint density at radius 2 is 1.33 bits per heavy atom. The lowest BCUT2D eigenvalue weighted by Crippen LogP contribution is -2.39. The molecule has 0 amide bonds. The normalized spacial score (nSPS) is 13.1. The number of anilines is 3. The van der Waals surface area contributed by atoms with E-state index in [0.29, 0.717) is 44.3 Å². The summed E-state index contributed by atoms with van der Waals surface area (Å²) in [5, 5.41) is 3.50. The van der Waals surface area contributed by atoms with Crippen molar-refractivity contribution in [1.82, 2.24) is 0 Å². The number of para-hydroxylation sites is 1. The zero-order valence-corrected chi connectivity index (χ0v) is 23.4. The van der Waals surface area contributed by atoms with Gasteiger partial charge in [-0.3, -0.25) is 0 Å². The van der Waals surface area contributed by atoms with Gasteiger partial charge in [-0.15, -0.1) is 0 Å². The van der Waals surface area contributed by atoms with Crippen LogP contribution >= 0.6 is 0 Å². The summed E-state index contributed by atoms with van der Waals surface area (Å²) in [5.41, 5.74) is 24.6. The molecule has 7 N–H and O–H groups in total. The third-order valence-electron chi connectivity index (χ3n) is 6.35. The summed E-state index contributed by atoms with van der Waals surface area (Å²) in [4.78, 5) is 0. The molecule has 210 valence electrons. The third kappa shape index (κ3) is 10.3. The first kappa shape index (κ1) is 30.0. The molecular formula is C31H42N4O4. The van der Waals surface area contributed by atoms with E-state index in [1.807, 2.05) is 100 Å². The molecule has 0 radical (unpaired) electrons. The lowest BCUT2D eigenvalue weighted by atomic mass is 10.1. The maximum absolute atomic E-state index is 6.32. The van der Waals surface area contributed by atoms with Gasteiger partial charge in [0.25, 0.3) is 0 Å². The van der Waals surface area contributed by atoms with Crippen LogP contribution in [-0.4, -0.2) is 25.2 Å². The van der Waals surface area contributed by atoms with Crippen LogP contribution in [0.3, 0.4) is 0 Å². The molecule has 0 heterocycles. The first-order valence-electron chi connectivity index (χ1n) is 13.1. The Balaban J connectivity index is 1.65. The minimum Gasteiger partial charge on any atom is -0.402 e. The van der Waals surface area contributed by atoms with Crippen molar-refractivity contribution in [3.63, 3.8) is 0 Å². The zero-order valence-electron chi connectivity index (χ0n) is 23.4. The Morgan fingerprint density at radius 1 is 0.795 bits per heavy atom. The second kappa shape index (κ2) is 14.6. The fraction of sp³-hybridized carbons (Fsp3) is 0.355. The molecule has 1 atom stereocenters. The van der Waals surface area contributed by atoms with Crippen LogP contribution in [0.4, 0.5) is 17.1 Å². The van der Waals surface area contributed by atoms with Crippen molar-refractivity contribution in [2.45, 2.75) is 59.6 Å². The van der Waals surface area contributed by atoms with Crippen LogP contribution in [0, 0.1) is 0 Å². The second-order valence-electron chi connectivity index (χ2n) is 9.86. The molecule has 8 heteroatoms. The summed E-state index contributed by atoms with van der Waals surface area (Å²) >= 11 is 0. The van der Waals surface area contributed by atoms with Crippen molar-refractivity contribution in [2.75, 3.05) is 29.9 Å². The maximum atomic E-state index is 6.32. The number of benzene rings is 3. The molecule has 0 bridgehead atoms. The SMILES string of the molecule is C/C(N)=C(\C)COC(C)OCc1ccccc1NCC(C)(OCc1ccc(N)cc1)OCc1ccc(N)cc1. The predicted octanol–water partition coefficient (Wildman–Crippen LogP) is 5.54. The number of nitrogen functional groups attached to an aromatic ring is 2. The van der Waals surface area contributed by atoms with Gasteiger partial charge in [-0.05, 0) is 74.7 Å². The van der Waals surface area contributed by atoms with Gasteiger partial charge in [-0.25, -0.2) is 0 Å². The van der Waals surface area contributed by atoms with Crippen molar-refractivity contribution in [2.24, 2.45) is 5.73 Å². The van der Waals surface area contributed by atoms with Gasteiger partial charge < -0.3 is 41.5 Å². The lowest BCUT2D eigenvalue weighted by molar-refractivity contribution is -0.229. The van der Waals surface area contributed by atoms with Gasteiger partial charge in [0.05, 0.1) is 33.0 Å². The van der Waals surface area contributed by atoms with Crippen molar-refractivity contribution >= 4 is 17.1 Å². The third-order valence-corrected chi connectivity index (χ3v) is 6.35. The number of rotatable bonds is 15. The fourth-order valence-corrected chi connectivity index (χ4v) is 3.53. The molecule has 0 saturated carbocycles. The monoisotopic (exact) mass is 534 g/mol. The van der Waals surface area contributed by atoms with Gasteiger partial charge >= 0.3 is 0 Å². The quantitative estimate of drug-likeness (QED) is 0.148. The molecule has 0 aromatic heterocycles. The van der Waals surface area contributed by atoms with Gasteiger partial charge in [-0.1, -0.05) is 42.5 Å². The topological polar surface area (TPSA) is 127 Å². The number of nitrogens with two attached hydrogens (primary N) is 3. The van der Waals surface area contributed by atoms with Crippen LogP contribution in [0.15, 0.2) is 84.1 Å². The average Bonchev–Trinajstić information content (AvgIpc) is 2.93. The summed E-state index contributed by atoms with van der Waals surface area (Å²) in [6.07, 6.45) is -0.385. The average molecular weight is 535 g/mol. The number of hydrogen-bond donors (Lipinski definition) is 4. The molecule has 1 unspecified atom stereocenters. The Bertz CT molecular complexity index is 1140. The molecule has 3 aromatic carbocycles. The van der Waals surface area contributed by atoms with Crippen LogP contribution in [0.1, 0.15) is 44.4 Å². The van der Waals surface area contributed by atoms with Crippen LogP contribution in [0.2, 0.25) is 0 Å². The van der Waals surface area contributed by atoms with Crippen molar-refractivity contribution in [3.05, 3.63) is 101 Å². The Morgan fingerprint density at radius 3 is 1.87 bits per heavy atom. The van der Waals surface area contributed by atoms with E-state index >= 15 is 0 Å². The van der Waals surface area contributed by atoms with E-state index in [-0.39, 0.29) is 6.29 Å². The first-order chi connectivity index (χ1) is 18.6. The van der Waals surface area contributed by atoms with Gasteiger partial charge in [0.1, 0.15) is 0 Å². The zero-order chi connectivity index (χ0) is 28.3. The van der Waals surface area contributed by atoms with Crippen LogP contribution in [0.5, 0.6) is 0 Å². The molecule has 3 aromatic rings. The van der Waals surface area contributed by atoms with Gasteiger partial charge in [0.2, 0.25) is 0 Å². The molecule has 0 saturated heterocycles. The van der Waals surface area contributed by atoms with Gasteiger partial charge in [0, 0.05) is 28.3 Å². The summed E-state index contributed by atoms with van der Waals surface area (Å²) < 4.78 is 24.4. The van der Waals surface area contributed by atoms with Crippen molar-refractivity contribution in [3.8, 4) is 0 Å². The second-order valence-corrected chi connectivity index (χ2v) is 9.86. The molecule has 0 spiro atoms. The highest BCUT2D eigenvalue weighted by Crippen LogP contribution is 2.23. The minimum absolute atomic E-state index is 0.371. The Hall–Kier alpha value is -3.56. The fourth-order valence-electron chi connectivity index (χ4n) is 3.53. The maximum Gasteiger partial charge on any atom is 0.183 e. The smallest absolute Gasteiger partial charge is 0.183 e. The van der Waals surface area contributed by atoms with Crippen molar-refractivity contribution < 1.29 is 18.9 Å². The Labute approximate surface area is 232 Å². The van der Waals surface area contributed by atoms with Gasteiger partial charge in [-0.2, -0.15) is 0 Å². The first-order valence-corrected chi connectivity index (χ1v) is 13.1. The highest BCUT2D eigenvalue weighted by atomic mass is 16.7. The van der Waals surface area contributed by atoms with Crippen LogP contribution in [0.25, 0.3) is 0 Å². The molecule has 8 nitrogen and oxygen atoms in total. The van der Waals surface area contributed by atoms with E-state index < -0.39 is 5.79 Å². The molecule has 0 aliphatic heterocycles. The molecule has 3 rings (SSSR count). The standard InChI is InChI=1S/C31H42N4O4/c1-22(23(2)32)17-36-24(3)37-20-27-7-5-6-8-30(27)35-21-31(4,38-18-25-9-13-28(33)14-10-25)39-19-26-11-15-29(34)16-12-26/h5-16,24,35H,17-21,32-34H2,1-4H3/b23-22-. The van der Waals surface area contributed by atoms with E-state index in [4.69, 9.17) is 36.1 Å². The highest BCUT2D eigenvalue weighted by molar-refractivity contribution is 5.51. The minimum atomic E-state index is -0.933. The van der Waals surface area contributed by atoms with E-state index in [1.54, 1.807) is 0 Å². The van der Waals surface area contributed by atoms with Crippen LogP contribution < -0.4 is 22.5 Å². The number of nitrogens with one attached hydrogen (secondary N) is 1. The molecule has 0 aliphatic carbocycles. The number of hydrogen-bond acceptors (Lipinski definition) is 8. The Kier molecular flexibility index (Phi) is 11.2. The van der Waals surface area contributed by atoms with Crippen molar-refractivity contribution in [1.29, 1.82) is 0 Å². The van der Waals surface area contributed by atoms with E-state index in [1.165, 1.54) is 0 Å². The van der Waals surface area contributed by atoms with E-state index in [0.717, 1.165) is 33.6 Å². The summed E-state index contributed by atoms with van der Waals surface area (Å²) in [6, 6.07) is 23.2. The summed E-state index contributed by atoms with van der Waals surface area (Å²) in [6.45, 7) is 9.57. The highest BCUT2D eigenvalue weighted by Gasteiger charge is 2.27. The molecule has 0 aliphatic rings. The predicted molar refractivity (Wildman–Crippen MR) is 157 cm³/mol. The molecular weight excluding hydrogens is 492 g/mol. The molecule has 0 fully saturated rings. The van der Waals surface area contributed by atoms with E-state index in [2.05, 4.69) is 5.32 Å².